The van der Waals surface area contributed by atoms with E-state index in [1.54, 1.807) is 24.3 Å². The van der Waals surface area contributed by atoms with E-state index in [1.165, 1.54) is 7.11 Å². The van der Waals surface area contributed by atoms with E-state index in [0.29, 0.717) is 23.8 Å². The van der Waals surface area contributed by atoms with E-state index in [4.69, 9.17) is 4.74 Å². The van der Waals surface area contributed by atoms with Gasteiger partial charge in [0.2, 0.25) is 0 Å². The Morgan fingerprint density at radius 2 is 1.88 bits per heavy atom. The highest BCUT2D eigenvalue weighted by Crippen LogP contribution is 2.30. The number of para-hydroxylation sites is 1. The van der Waals surface area contributed by atoms with Gasteiger partial charge in [-0.1, -0.05) is 12.1 Å². The van der Waals surface area contributed by atoms with E-state index in [0.717, 1.165) is 23.2 Å². The van der Waals surface area contributed by atoms with E-state index < -0.39 is 10.0 Å². The van der Waals surface area contributed by atoms with Crippen LogP contribution in [0.25, 0.3) is 0 Å². The number of ether oxygens (including phenoxy) is 1. The summed E-state index contributed by atoms with van der Waals surface area (Å²) in [4.78, 5) is 4.49. The van der Waals surface area contributed by atoms with E-state index >= 15 is 0 Å². The van der Waals surface area contributed by atoms with Gasteiger partial charge in [-0.05, 0) is 49.2 Å². The zero-order chi connectivity index (χ0) is 18.0. The lowest BCUT2D eigenvalue weighted by molar-refractivity contribution is 0.402. The van der Waals surface area contributed by atoms with E-state index in [-0.39, 0.29) is 4.90 Å². The van der Waals surface area contributed by atoms with Gasteiger partial charge in [-0.3, -0.25) is 9.71 Å². The summed E-state index contributed by atoms with van der Waals surface area (Å²) in [6, 6.07) is 10.6. The number of rotatable bonds is 5. The molecule has 0 radical (unpaired) electrons. The zero-order valence-electron chi connectivity index (χ0n) is 14.5. The molecule has 0 aromatic heterocycles. The van der Waals surface area contributed by atoms with Gasteiger partial charge in [0.25, 0.3) is 10.0 Å². The van der Waals surface area contributed by atoms with Crippen molar-refractivity contribution in [3.8, 4) is 5.75 Å². The predicted octanol–water partition coefficient (Wildman–Crippen LogP) is 2.46. The summed E-state index contributed by atoms with van der Waals surface area (Å²) in [6.07, 6.45) is 0. The van der Waals surface area contributed by atoms with Crippen molar-refractivity contribution in [1.82, 2.24) is 5.32 Å². The number of aliphatic imine (C=N–C) groups is 1. The highest BCUT2D eigenvalue weighted by molar-refractivity contribution is 7.92. The van der Waals surface area contributed by atoms with Crippen LogP contribution in [0.3, 0.4) is 0 Å². The molecule has 0 amide bonds. The van der Waals surface area contributed by atoms with Gasteiger partial charge < -0.3 is 10.1 Å². The minimum absolute atomic E-state index is 0.120. The maximum absolute atomic E-state index is 13.0. The molecular weight excluding hydrogens is 338 g/mol. The van der Waals surface area contributed by atoms with Crippen molar-refractivity contribution >= 4 is 21.5 Å². The monoisotopic (exact) mass is 359 g/mol. The zero-order valence-corrected chi connectivity index (χ0v) is 15.3. The highest BCUT2D eigenvalue weighted by atomic mass is 32.2. The van der Waals surface area contributed by atoms with Gasteiger partial charge in [-0.25, -0.2) is 8.42 Å². The van der Waals surface area contributed by atoms with Crippen LogP contribution >= 0.6 is 0 Å². The molecule has 0 spiro atoms. The minimum Gasteiger partial charge on any atom is -0.495 e. The van der Waals surface area contributed by atoms with Gasteiger partial charge in [-0.15, -0.1) is 0 Å². The van der Waals surface area contributed by atoms with Crippen molar-refractivity contribution in [2.45, 2.75) is 18.7 Å². The van der Waals surface area contributed by atoms with E-state index in [9.17, 15) is 8.42 Å². The van der Waals surface area contributed by atoms with Crippen molar-refractivity contribution in [2.75, 3.05) is 24.9 Å². The average molecular weight is 359 g/mol. The highest BCUT2D eigenvalue weighted by Gasteiger charge is 2.23. The number of methoxy groups -OCH3 is 1. The van der Waals surface area contributed by atoms with Gasteiger partial charge in [0.1, 0.15) is 16.5 Å². The molecule has 7 heteroatoms. The summed E-state index contributed by atoms with van der Waals surface area (Å²) in [5, 5.41) is 3.17. The van der Waals surface area contributed by atoms with E-state index in [2.05, 4.69) is 15.0 Å². The normalized spacial score (nSPS) is 14.0. The lowest BCUT2D eigenvalue weighted by Gasteiger charge is -2.16. The first-order valence-corrected chi connectivity index (χ1v) is 9.46. The summed E-state index contributed by atoms with van der Waals surface area (Å²) < 4.78 is 33.9. The first-order chi connectivity index (χ1) is 11.9. The average Bonchev–Trinajstić information content (AvgIpc) is 3.11. The Morgan fingerprint density at radius 1 is 1.16 bits per heavy atom. The number of nitrogens with one attached hydrogen (secondary N) is 2. The fourth-order valence-corrected chi connectivity index (χ4v) is 4.01. The molecule has 1 aliphatic heterocycles. The molecular formula is C18H21N3O3S. The summed E-state index contributed by atoms with van der Waals surface area (Å²) >= 11 is 0. The molecule has 2 aromatic carbocycles. The summed E-state index contributed by atoms with van der Waals surface area (Å²) in [5.74, 6) is 1.02. The first kappa shape index (κ1) is 17.3. The van der Waals surface area contributed by atoms with Gasteiger partial charge in [0.05, 0.1) is 19.3 Å². The molecule has 2 aromatic rings. The molecule has 25 heavy (non-hydrogen) atoms. The third kappa shape index (κ3) is 3.46. The lowest BCUT2D eigenvalue weighted by Crippen LogP contribution is -2.22. The Morgan fingerprint density at radius 3 is 2.56 bits per heavy atom. The molecule has 0 fully saturated rings. The Hall–Kier alpha value is -2.54. The number of amidine groups is 1. The number of benzene rings is 2. The van der Waals surface area contributed by atoms with Crippen molar-refractivity contribution < 1.29 is 13.2 Å². The maximum atomic E-state index is 13.0. The molecule has 0 bridgehead atoms. The second kappa shape index (κ2) is 6.76. The molecule has 0 saturated carbocycles. The van der Waals surface area contributed by atoms with Crippen molar-refractivity contribution in [3.63, 3.8) is 0 Å². The lowest BCUT2D eigenvalue weighted by atomic mass is 10.1. The van der Waals surface area contributed by atoms with Crippen LogP contribution in [0, 0.1) is 13.8 Å². The van der Waals surface area contributed by atoms with Crippen LogP contribution in [0.1, 0.15) is 16.7 Å². The number of anilines is 1. The number of hydrogen-bond acceptors (Lipinski definition) is 5. The Bertz CT molecular complexity index is 937. The van der Waals surface area contributed by atoms with Crippen LogP contribution in [-0.4, -0.2) is 34.5 Å². The summed E-state index contributed by atoms with van der Waals surface area (Å²) in [7, 11) is -2.34. The quantitative estimate of drug-likeness (QED) is 0.859. The van der Waals surface area contributed by atoms with E-state index in [1.807, 2.05) is 26.0 Å². The smallest absolute Gasteiger partial charge is 0.265 e. The molecule has 1 heterocycles. The van der Waals surface area contributed by atoms with Crippen LogP contribution in [0.15, 0.2) is 46.3 Å². The van der Waals surface area contributed by atoms with Gasteiger partial charge in [0.15, 0.2) is 0 Å². The van der Waals surface area contributed by atoms with Gasteiger partial charge in [-0.2, -0.15) is 0 Å². The molecule has 132 valence electrons. The predicted molar refractivity (Wildman–Crippen MR) is 99.1 cm³/mol. The molecule has 0 saturated heterocycles. The number of hydrogen-bond donors (Lipinski definition) is 2. The van der Waals surface area contributed by atoms with Crippen LogP contribution in [0.5, 0.6) is 5.75 Å². The second-order valence-electron chi connectivity index (χ2n) is 5.90. The number of nitrogens with zero attached hydrogens (tertiary/aromatic N) is 1. The van der Waals surface area contributed by atoms with Crippen LogP contribution in [0.4, 0.5) is 5.69 Å². The second-order valence-corrected chi connectivity index (χ2v) is 7.55. The van der Waals surface area contributed by atoms with Crippen molar-refractivity contribution in [1.29, 1.82) is 0 Å². The summed E-state index contributed by atoms with van der Waals surface area (Å²) in [6.45, 7) is 5.22. The number of aryl methyl sites for hydroxylation is 2. The molecule has 0 aliphatic carbocycles. The van der Waals surface area contributed by atoms with Crippen molar-refractivity contribution in [3.05, 3.63) is 53.1 Å². The van der Waals surface area contributed by atoms with Crippen LogP contribution in [0.2, 0.25) is 0 Å². The topological polar surface area (TPSA) is 79.8 Å². The third-order valence-electron chi connectivity index (χ3n) is 4.17. The Labute approximate surface area is 148 Å². The van der Waals surface area contributed by atoms with Crippen LogP contribution in [-0.2, 0) is 10.0 Å². The Balaban J connectivity index is 2.03. The molecule has 1 aliphatic rings. The third-order valence-corrected chi connectivity index (χ3v) is 5.56. The van der Waals surface area contributed by atoms with Crippen molar-refractivity contribution in [2.24, 2.45) is 4.99 Å². The largest absolute Gasteiger partial charge is 0.495 e. The molecule has 2 N–H and O–H groups in total. The fourth-order valence-electron chi connectivity index (χ4n) is 2.69. The first-order valence-electron chi connectivity index (χ1n) is 7.98. The van der Waals surface area contributed by atoms with Gasteiger partial charge >= 0.3 is 0 Å². The molecule has 6 nitrogen and oxygen atoms in total. The fraction of sp³-hybridized carbons (Fsp3) is 0.278. The Kier molecular flexibility index (Phi) is 4.67. The number of sulfonamides is 1. The molecule has 0 unspecified atom stereocenters. The SMILES string of the molecule is COc1cc(C)c(C)cc1S(=O)(=O)Nc1ccccc1C1=NCCN1. The summed E-state index contributed by atoms with van der Waals surface area (Å²) in [5.41, 5.74) is 3.07. The molecule has 0 atom stereocenters. The van der Waals surface area contributed by atoms with Gasteiger partial charge in [0, 0.05) is 12.1 Å². The maximum Gasteiger partial charge on any atom is 0.265 e. The molecule has 3 rings (SSSR count). The standard InChI is InChI=1S/C18H21N3O3S/c1-12-10-16(24-3)17(11-13(12)2)25(22,23)21-15-7-5-4-6-14(15)18-19-8-9-20-18/h4-7,10-11,21H,8-9H2,1-3H3,(H,19,20). The minimum atomic E-state index is -3.81. The van der Waals surface area contributed by atoms with Crippen LogP contribution < -0.4 is 14.8 Å².